The van der Waals surface area contributed by atoms with Crippen molar-refractivity contribution in [1.82, 2.24) is 9.78 Å². The highest BCUT2D eigenvalue weighted by Crippen LogP contribution is 2.39. The molecule has 0 aliphatic heterocycles. The zero-order valence-corrected chi connectivity index (χ0v) is 23.9. The molecule has 5 rings (SSSR count). The van der Waals surface area contributed by atoms with Gasteiger partial charge in [-0.3, -0.25) is 9.48 Å². The summed E-state index contributed by atoms with van der Waals surface area (Å²) in [7, 11) is 3.27. The predicted molar refractivity (Wildman–Crippen MR) is 158 cm³/mol. The van der Waals surface area contributed by atoms with E-state index in [1.807, 2.05) is 36.4 Å². The number of carbonyl (C=O) groups is 1. The number of fused-ring (bicyclic) bond motifs is 1. The Morgan fingerprint density at radius 2 is 1.90 bits per heavy atom. The number of esters is 1. The van der Waals surface area contributed by atoms with Crippen LogP contribution in [-0.2, 0) is 33.9 Å². The molecular weight excluding hydrogens is 520 g/mol. The zero-order valence-electron chi connectivity index (χ0n) is 23.9. The van der Waals surface area contributed by atoms with Crippen LogP contribution in [0.4, 0.5) is 0 Å². The lowest BCUT2D eigenvalue weighted by Gasteiger charge is -2.26. The van der Waals surface area contributed by atoms with Gasteiger partial charge in [0.05, 0.1) is 44.5 Å². The van der Waals surface area contributed by atoms with E-state index in [9.17, 15) is 4.79 Å². The van der Waals surface area contributed by atoms with Crippen molar-refractivity contribution in [3.63, 3.8) is 0 Å². The normalized spacial score (nSPS) is 13.4. The van der Waals surface area contributed by atoms with E-state index in [0.717, 1.165) is 57.3 Å². The summed E-state index contributed by atoms with van der Waals surface area (Å²) < 4.78 is 24.7. The Balaban J connectivity index is 1.52. The molecular formula is C32H38N4O5. The first kappa shape index (κ1) is 28.6. The Kier molecular flexibility index (Phi) is 8.87. The molecule has 4 N–H and O–H groups in total. The summed E-state index contributed by atoms with van der Waals surface area (Å²) in [6.07, 6.45) is 2.87. The van der Waals surface area contributed by atoms with Gasteiger partial charge in [-0.25, -0.2) is 0 Å². The quantitative estimate of drug-likeness (QED) is 0.180. The van der Waals surface area contributed by atoms with Gasteiger partial charge in [0.25, 0.3) is 0 Å². The Hall–Kier alpha value is -3.92. The number of hydrogen-bond donors (Lipinski definition) is 2. The lowest BCUT2D eigenvalue weighted by atomic mass is 9.93. The topological polar surface area (TPSA) is 124 Å². The lowest BCUT2D eigenvalue weighted by molar-refractivity contribution is -0.142. The molecule has 1 fully saturated rings. The van der Waals surface area contributed by atoms with Crippen molar-refractivity contribution in [2.45, 2.75) is 58.0 Å². The number of ether oxygens (including phenoxy) is 4. The Labute approximate surface area is 240 Å². The largest absolute Gasteiger partial charge is 0.496 e. The van der Waals surface area contributed by atoms with Gasteiger partial charge in [-0.15, -0.1) is 0 Å². The van der Waals surface area contributed by atoms with Crippen molar-refractivity contribution in [3.8, 4) is 22.6 Å². The van der Waals surface area contributed by atoms with Crippen LogP contribution in [0.25, 0.3) is 22.0 Å². The van der Waals surface area contributed by atoms with E-state index < -0.39 is 6.17 Å². The number of para-hydroxylation sites is 1. The molecule has 0 atom stereocenters. The highest BCUT2D eigenvalue weighted by molar-refractivity contribution is 5.88. The van der Waals surface area contributed by atoms with E-state index in [-0.39, 0.29) is 19.0 Å². The number of hydrogen-bond acceptors (Lipinski definition) is 8. The van der Waals surface area contributed by atoms with Gasteiger partial charge in [-0.1, -0.05) is 30.3 Å². The Morgan fingerprint density at radius 1 is 1.07 bits per heavy atom. The minimum Gasteiger partial charge on any atom is -0.496 e. The van der Waals surface area contributed by atoms with E-state index in [4.69, 9.17) is 35.5 Å². The number of benzene rings is 3. The highest BCUT2D eigenvalue weighted by Gasteiger charge is 2.25. The van der Waals surface area contributed by atoms with Crippen LogP contribution in [-0.4, -0.2) is 36.6 Å². The maximum Gasteiger partial charge on any atom is 0.310 e. The highest BCUT2D eigenvalue weighted by atomic mass is 16.5. The summed E-state index contributed by atoms with van der Waals surface area (Å²) in [4.78, 5) is 12.3. The van der Waals surface area contributed by atoms with Crippen LogP contribution in [0, 0.1) is 0 Å². The first-order chi connectivity index (χ1) is 19.9. The van der Waals surface area contributed by atoms with E-state index >= 15 is 0 Å². The van der Waals surface area contributed by atoms with Gasteiger partial charge in [-0.2, -0.15) is 5.10 Å². The molecule has 0 radical (unpaired) electrons. The molecule has 41 heavy (non-hydrogen) atoms. The third-order valence-electron chi connectivity index (χ3n) is 7.56. The van der Waals surface area contributed by atoms with Gasteiger partial charge in [0, 0.05) is 29.2 Å². The van der Waals surface area contributed by atoms with Crippen LogP contribution in [0.15, 0.2) is 54.6 Å². The smallest absolute Gasteiger partial charge is 0.310 e. The fraction of sp³-hybridized carbons (Fsp3) is 0.375. The number of aromatic nitrogens is 2. The molecule has 216 valence electrons. The molecule has 0 spiro atoms. The SMILES string of the molecule is CCOC(=O)Cc1cc(COC)ccc1OCc1nn(C2CCC2)c2ccc(-c3cccc(C(N)N)c3OC)cc12. The third kappa shape index (κ3) is 6.07. The molecule has 3 aromatic carbocycles. The first-order valence-electron chi connectivity index (χ1n) is 14.0. The molecule has 1 saturated carbocycles. The zero-order chi connectivity index (χ0) is 28.9. The van der Waals surface area contributed by atoms with Crippen molar-refractivity contribution in [3.05, 3.63) is 77.0 Å². The van der Waals surface area contributed by atoms with Crippen LogP contribution in [0.3, 0.4) is 0 Å². The van der Waals surface area contributed by atoms with E-state index in [1.165, 1.54) is 6.42 Å². The average molecular weight is 559 g/mol. The van der Waals surface area contributed by atoms with Crippen molar-refractivity contribution in [2.24, 2.45) is 11.5 Å². The monoisotopic (exact) mass is 558 g/mol. The summed E-state index contributed by atoms with van der Waals surface area (Å²) in [5.41, 5.74) is 18.2. The maximum absolute atomic E-state index is 12.3. The Bertz CT molecular complexity index is 1530. The molecule has 1 heterocycles. The molecule has 9 heteroatoms. The van der Waals surface area contributed by atoms with Crippen LogP contribution < -0.4 is 20.9 Å². The van der Waals surface area contributed by atoms with Gasteiger partial charge < -0.3 is 30.4 Å². The number of carbonyl (C=O) groups excluding carboxylic acids is 1. The molecule has 0 unspecified atom stereocenters. The van der Waals surface area contributed by atoms with E-state index in [0.29, 0.717) is 30.8 Å². The molecule has 0 amide bonds. The van der Waals surface area contributed by atoms with E-state index in [2.05, 4.69) is 22.9 Å². The second-order valence-electron chi connectivity index (χ2n) is 10.3. The maximum atomic E-state index is 12.3. The Morgan fingerprint density at radius 3 is 2.59 bits per heavy atom. The van der Waals surface area contributed by atoms with Gasteiger partial charge in [-0.05, 0) is 61.6 Å². The summed E-state index contributed by atoms with van der Waals surface area (Å²) in [5.74, 6) is 0.974. The molecule has 1 aliphatic rings. The molecule has 4 aromatic rings. The summed E-state index contributed by atoms with van der Waals surface area (Å²) in [5, 5.41) is 6.03. The summed E-state index contributed by atoms with van der Waals surface area (Å²) in [6.45, 7) is 2.80. The van der Waals surface area contributed by atoms with Crippen LogP contribution >= 0.6 is 0 Å². The standard InChI is InChI=1S/C32H38N4O5/c1-4-40-30(37)17-22-15-20(18-38-2)11-14-29(22)41-19-27-26-16-21(12-13-28(26)36(35-27)23-7-5-8-23)24-9-6-10-25(32(33)34)31(24)39-3/h6,9-16,23,32H,4-5,7-8,17-19,33-34H2,1-3H3. The van der Waals surface area contributed by atoms with Crippen molar-refractivity contribution in [2.75, 3.05) is 20.8 Å². The molecule has 9 nitrogen and oxygen atoms in total. The second-order valence-corrected chi connectivity index (χ2v) is 10.3. The lowest BCUT2D eigenvalue weighted by Crippen LogP contribution is -2.20. The van der Waals surface area contributed by atoms with Gasteiger partial charge in [0.1, 0.15) is 23.8 Å². The minimum absolute atomic E-state index is 0.113. The van der Waals surface area contributed by atoms with Gasteiger partial charge in [0.15, 0.2) is 0 Å². The number of nitrogens with zero attached hydrogens (tertiary/aromatic N) is 2. The van der Waals surface area contributed by atoms with Gasteiger partial charge >= 0.3 is 5.97 Å². The summed E-state index contributed by atoms with van der Waals surface area (Å²) in [6, 6.07) is 18.3. The number of nitrogens with two attached hydrogens (primary N) is 2. The van der Waals surface area contributed by atoms with Crippen molar-refractivity contribution >= 4 is 16.9 Å². The second kappa shape index (κ2) is 12.7. The van der Waals surface area contributed by atoms with Crippen LogP contribution in [0.5, 0.6) is 11.5 Å². The summed E-state index contributed by atoms with van der Waals surface area (Å²) >= 11 is 0. The number of rotatable bonds is 12. The molecule has 1 aromatic heterocycles. The number of methoxy groups -OCH3 is 2. The van der Waals surface area contributed by atoms with Gasteiger partial charge in [0.2, 0.25) is 0 Å². The average Bonchev–Trinajstić information content (AvgIpc) is 3.28. The molecule has 0 bridgehead atoms. The van der Waals surface area contributed by atoms with E-state index in [1.54, 1.807) is 21.1 Å². The van der Waals surface area contributed by atoms with Crippen molar-refractivity contribution in [1.29, 1.82) is 0 Å². The first-order valence-corrected chi connectivity index (χ1v) is 14.0. The van der Waals surface area contributed by atoms with Crippen molar-refractivity contribution < 1.29 is 23.7 Å². The fourth-order valence-corrected chi connectivity index (χ4v) is 5.34. The van der Waals surface area contributed by atoms with Crippen LogP contribution in [0.2, 0.25) is 0 Å². The molecule has 1 aliphatic carbocycles. The van der Waals surface area contributed by atoms with Crippen LogP contribution in [0.1, 0.15) is 60.8 Å². The fourth-order valence-electron chi connectivity index (χ4n) is 5.34. The molecule has 0 saturated heterocycles. The third-order valence-corrected chi connectivity index (χ3v) is 7.56. The predicted octanol–water partition coefficient (Wildman–Crippen LogP) is 5.18. The minimum atomic E-state index is -0.655.